The smallest absolute Gasteiger partial charge is 0.328 e. The Hall–Kier alpha value is -1.64. The number of aliphatic carboxylic acids is 1. The van der Waals surface area contributed by atoms with E-state index in [4.69, 9.17) is 15.0 Å². The third kappa shape index (κ3) is 2.86. The van der Waals surface area contributed by atoms with E-state index in [1.54, 1.807) is 18.2 Å². The Morgan fingerprint density at radius 1 is 1.42 bits per heavy atom. The van der Waals surface area contributed by atoms with Crippen LogP contribution in [0, 0.1) is 0 Å². The quantitative estimate of drug-likeness (QED) is 0.784. The molecular formula is C11H14N2O5S. The van der Waals surface area contributed by atoms with E-state index in [0.29, 0.717) is 18.8 Å². The summed E-state index contributed by atoms with van der Waals surface area (Å²) in [6.45, 7) is 0.639. The number of para-hydroxylation sites is 1. The average Bonchev–Trinajstić information content (AvgIpc) is 2.37. The number of benzene rings is 1. The van der Waals surface area contributed by atoms with Crippen LogP contribution in [0.3, 0.4) is 0 Å². The maximum Gasteiger partial charge on any atom is 0.328 e. The molecular weight excluding hydrogens is 272 g/mol. The molecule has 0 aliphatic carbocycles. The molecule has 1 saturated heterocycles. The summed E-state index contributed by atoms with van der Waals surface area (Å²) in [5, 5.41) is 14.3. The Morgan fingerprint density at radius 2 is 2.11 bits per heavy atom. The molecule has 1 heterocycles. The van der Waals surface area contributed by atoms with Gasteiger partial charge in [0.2, 0.25) is 10.0 Å². The normalized spacial score (nSPS) is 20.3. The molecule has 0 radical (unpaired) electrons. The minimum absolute atomic E-state index is 0.00822. The molecule has 1 unspecified atom stereocenters. The highest BCUT2D eigenvalue weighted by Gasteiger charge is 2.32. The molecule has 0 amide bonds. The number of carboxylic acids is 1. The van der Waals surface area contributed by atoms with E-state index >= 15 is 0 Å². The van der Waals surface area contributed by atoms with Crippen LogP contribution < -0.4 is 10.0 Å². The number of nitrogens with two attached hydrogens (primary N) is 1. The van der Waals surface area contributed by atoms with Crippen LogP contribution in [0.2, 0.25) is 0 Å². The number of morpholine rings is 1. The molecule has 7 nitrogen and oxygen atoms in total. The van der Waals surface area contributed by atoms with Crippen molar-refractivity contribution in [3.05, 3.63) is 24.3 Å². The Balaban J connectivity index is 2.48. The number of anilines is 1. The van der Waals surface area contributed by atoms with Gasteiger partial charge in [0.25, 0.3) is 0 Å². The molecule has 19 heavy (non-hydrogen) atoms. The van der Waals surface area contributed by atoms with E-state index in [9.17, 15) is 13.2 Å². The molecule has 1 aromatic carbocycles. The van der Waals surface area contributed by atoms with Crippen LogP contribution in [-0.4, -0.2) is 45.3 Å². The number of rotatable bonds is 3. The van der Waals surface area contributed by atoms with Gasteiger partial charge in [-0.25, -0.2) is 18.4 Å². The Kier molecular flexibility index (Phi) is 3.74. The van der Waals surface area contributed by atoms with Crippen LogP contribution in [0.4, 0.5) is 5.69 Å². The summed E-state index contributed by atoms with van der Waals surface area (Å²) in [5.74, 6) is -1.07. The lowest BCUT2D eigenvalue weighted by Gasteiger charge is -2.35. The highest BCUT2D eigenvalue weighted by Crippen LogP contribution is 2.27. The third-order valence-electron chi connectivity index (χ3n) is 2.89. The molecule has 0 saturated carbocycles. The predicted octanol–water partition coefficient (Wildman–Crippen LogP) is -0.376. The zero-order valence-corrected chi connectivity index (χ0v) is 10.8. The third-order valence-corrected chi connectivity index (χ3v) is 3.85. The van der Waals surface area contributed by atoms with Gasteiger partial charge in [-0.2, -0.15) is 0 Å². The number of sulfonamides is 1. The van der Waals surface area contributed by atoms with Gasteiger partial charge in [0.05, 0.1) is 18.9 Å². The van der Waals surface area contributed by atoms with Gasteiger partial charge in [-0.1, -0.05) is 12.1 Å². The molecule has 0 spiro atoms. The highest BCUT2D eigenvalue weighted by molar-refractivity contribution is 7.89. The number of hydrogen-bond acceptors (Lipinski definition) is 5. The van der Waals surface area contributed by atoms with Crippen LogP contribution in [0.5, 0.6) is 0 Å². The Labute approximate surface area is 110 Å². The summed E-state index contributed by atoms with van der Waals surface area (Å²) in [5.41, 5.74) is 0.292. The Morgan fingerprint density at radius 3 is 2.74 bits per heavy atom. The molecule has 0 bridgehead atoms. The molecule has 3 N–H and O–H groups in total. The molecule has 104 valence electrons. The number of primary sulfonamides is 1. The van der Waals surface area contributed by atoms with Crippen LogP contribution in [0.25, 0.3) is 0 Å². The second-order valence-electron chi connectivity index (χ2n) is 4.14. The average molecular weight is 286 g/mol. The van der Waals surface area contributed by atoms with Crippen molar-refractivity contribution in [3.8, 4) is 0 Å². The minimum atomic E-state index is -3.91. The molecule has 0 aromatic heterocycles. The van der Waals surface area contributed by atoms with E-state index in [-0.39, 0.29) is 11.5 Å². The molecule has 8 heteroatoms. The van der Waals surface area contributed by atoms with Crippen molar-refractivity contribution >= 4 is 21.7 Å². The van der Waals surface area contributed by atoms with Crippen molar-refractivity contribution in [3.63, 3.8) is 0 Å². The highest BCUT2D eigenvalue weighted by atomic mass is 32.2. The summed E-state index contributed by atoms with van der Waals surface area (Å²) in [6, 6.07) is 5.16. The van der Waals surface area contributed by atoms with E-state index in [0.717, 1.165) is 0 Å². The molecule has 1 aromatic rings. The lowest BCUT2D eigenvalue weighted by atomic mass is 10.2. The van der Waals surface area contributed by atoms with Gasteiger partial charge in [0, 0.05) is 6.54 Å². The fraction of sp³-hybridized carbons (Fsp3) is 0.364. The number of carboxylic acid groups (broad SMARTS) is 1. The first-order valence-corrected chi connectivity index (χ1v) is 7.15. The van der Waals surface area contributed by atoms with Crippen LogP contribution in [0.1, 0.15) is 0 Å². The van der Waals surface area contributed by atoms with Crippen LogP contribution in [-0.2, 0) is 19.6 Å². The van der Waals surface area contributed by atoms with Crippen molar-refractivity contribution < 1.29 is 23.1 Å². The van der Waals surface area contributed by atoms with E-state index in [1.807, 2.05) is 0 Å². The zero-order chi connectivity index (χ0) is 14.0. The second kappa shape index (κ2) is 5.16. The summed E-state index contributed by atoms with van der Waals surface area (Å²) in [6.07, 6.45) is 0. The van der Waals surface area contributed by atoms with Crippen LogP contribution >= 0.6 is 0 Å². The van der Waals surface area contributed by atoms with Crippen molar-refractivity contribution in [2.75, 3.05) is 24.7 Å². The molecule has 1 fully saturated rings. The zero-order valence-electron chi connectivity index (χ0n) is 10.0. The summed E-state index contributed by atoms with van der Waals surface area (Å²) in [7, 11) is -3.91. The van der Waals surface area contributed by atoms with Crippen molar-refractivity contribution in [1.29, 1.82) is 0 Å². The lowest BCUT2D eigenvalue weighted by Crippen LogP contribution is -2.50. The molecule has 1 aliphatic heterocycles. The first-order valence-electron chi connectivity index (χ1n) is 5.60. The van der Waals surface area contributed by atoms with Gasteiger partial charge < -0.3 is 14.7 Å². The largest absolute Gasteiger partial charge is 0.480 e. The van der Waals surface area contributed by atoms with Gasteiger partial charge in [-0.3, -0.25) is 0 Å². The number of ether oxygens (including phenoxy) is 1. The molecule has 2 rings (SSSR count). The van der Waals surface area contributed by atoms with Gasteiger partial charge in [-0.15, -0.1) is 0 Å². The monoisotopic (exact) mass is 286 g/mol. The lowest BCUT2D eigenvalue weighted by molar-refractivity contribution is -0.141. The van der Waals surface area contributed by atoms with Crippen molar-refractivity contribution in [1.82, 2.24) is 0 Å². The standard InChI is InChI=1S/C11H14N2O5S/c12-19(16,17)10-4-2-1-3-8(10)13-5-6-18-7-9(13)11(14)15/h1-4,9H,5-7H2,(H,14,15)(H2,12,16,17). The van der Waals surface area contributed by atoms with Gasteiger partial charge in [0.15, 0.2) is 6.04 Å². The van der Waals surface area contributed by atoms with Gasteiger partial charge in [0.1, 0.15) is 4.90 Å². The van der Waals surface area contributed by atoms with Crippen molar-refractivity contribution in [2.24, 2.45) is 5.14 Å². The van der Waals surface area contributed by atoms with E-state index in [2.05, 4.69) is 0 Å². The second-order valence-corrected chi connectivity index (χ2v) is 5.66. The number of carbonyl (C=O) groups is 1. The van der Waals surface area contributed by atoms with Crippen molar-refractivity contribution in [2.45, 2.75) is 10.9 Å². The topological polar surface area (TPSA) is 110 Å². The van der Waals surface area contributed by atoms with Gasteiger partial charge >= 0.3 is 5.97 Å². The Bertz CT molecular complexity index is 587. The maximum absolute atomic E-state index is 11.5. The molecule has 1 aliphatic rings. The summed E-state index contributed by atoms with van der Waals surface area (Å²) < 4.78 is 28.2. The summed E-state index contributed by atoms with van der Waals surface area (Å²) >= 11 is 0. The minimum Gasteiger partial charge on any atom is -0.480 e. The van der Waals surface area contributed by atoms with E-state index in [1.165, 1.54) is 11.0 Å². The summed E-state index contributed by atoms with van der Waals surface area (Å²) in [4.78, 5) is 12.6. The fourth-order valence-corrected chi connectivity index (χ4v) is 2.78. The number of nitrogens with zero attached hydrogens (tertiary/aromatic N) is 1. The maximum atomic E-state index is 11.5. The van der Waals surface area contributed by atoms with Gasteiger partial charge in [-0.05, 0) is 12.1 Å². The first kappa shape index (κ1) is 13.8. The SMILES string of the molecule is NS(=O)(=O)c1ccccc1N1CCOCC1C(=O)O. The number of hydrogen-bond donors (Lipinski definition) is 2. The molecule has 1 atom stereocenters. The van der Waals surface area contributed by atoms with Crippen LogP contribution in [0.15, 0.2) is 29.2 Å². The first-order chi connectivity index (χ1) is 8.91. The fourth-order valence-electron chi connectivity index (χ4n) is 2.03. The predicted molar refractivity (Wildman–Crippen MR) is 67.4 cm³/mol. The van der Waals surface area contributed by atoms with E-state index < -0.39 is 22.0 Å².